The molecule has 1 aromatic rings. The van der Waals surface area contributed by atoms with Gasteiger partial charge in [-0.15, -0.1) is 0 Å². The van der Waals surface area contributed by atoms with Crippen LogP contribution in [0.15, 0.2) is 28.7 Å². The van der Waals surface area contributed by atoms with Crippen LogP contribution in [0.3, 0.4) is 0 Å². The molecule has 18 heavy (non-hydrogen) atoms. The minimum atomic E-state index is 0.790. The second-order valence-electron chi connectivity index (χ2n) is 5.97. The summed E-state index contributed by atoms with van der Waals surface area (Å²) in [6.07, 6.45) is 5.82. The Balaban J connectivity index is 1.89. The molecule has 3 fully saturated rings. The molecule has 3 saturated carbocycles. The minimum absolute atomic E-state index is 0.790. The molecule has 0 spiro atoms. The van der Waals surface area contributed by atoms with Gasteiger partial charge >= 0.3 is 0 Å². The number of benzene rings is 1. The van der Waals surface area contributed by atoms with Crippen molar-refractivity contribution in [2.75, 3.05) is 13.6 Å². The smallest absolute Gasteiger partial charge is 0.0175 e. The van der Waals surface area contributed by atoms with Crippen molar-refractivity contribution >= 4 is 15.9 Å². The average Bonchev–Trinajstić information content (AvgIpc) is 2.42. The molecule has 1 N–H and O–H groups in total. The predicted molar refractivity (Wildman–Crippen MR) is 79.7 cm³/mol. The van der Waals surface area contributed by atoms with E-state index in [0.717, 1.165) is 23.7 Å². The fourth-order valence-electron chi connectivity index (χ4n) is 4.31. The third-order valence-electron chi connectivity index (χ3n) is 5.09. The van der Waals surface area contributed by atoms with E-state index in [1.807, 2.05) is 0 Å². The van der Waals surface area contributed by atoms with Crippen molar-refractivity contribution in [2.45, 2.75) is 31.6 Å². The standard InChI is InChI=1S/C16H22BrN/c1-18-10-15-11-2-4-12(5-3-11)16(15)13-6-8-14(17)9-7-13/h6-9,11-12,15-16,18H,2-5,10H2,1H3. The molecule has 3 aliphatic rings. The predicted octanol–water partition coefficient (Wildman–Crippen LogP) is 4.19. The van der Waals surface area contributed by atoms with Gasteiger partial charge in [0.05, 0.1) is 0 Å². The molecule has 2 bridgehead atoms. The Hall–Kier alpha value is -0.340. The van der Waals surface area contributed by atoms with E-state index >= 15 is 0 Å². The Labute approximate surface area is 118 Å². The normalized spacial score (nSPS) is 34.8. The SMILES string of the molecule is CNCC1C2CCC(CC2)C1c1ccc(Br)cc1. The van der Waals surface area contributed by atoms with Crippen molar-refractivity contribution in [3.8, 4) is 0 Å². The van der Waals surface area contributed by atoms with E-state index in [0.29, 0.717) is 0 Å². The molecule has 2 atom stereocenters. The van der Waals surface area contributed by atoms with Crippen molar-refractivity contribution < 1.29 is 0 Å². The first-order chi connectivity index (χ1) is 8.79. The zero-order chi connectivity index (χ0) is 12.5. The van der Waals surface area contributed by atoms with Gasteiger partial charge in [-0.25, -0.2) is 0 Å². The molecule has 1 nitrogen and oxygen atoms in total. The van der Waals surface area contributed by atoms with Crippen molar-refractivity contribution in [3.05, 3.63) is 34.3 Å². The fraction of sp³-hybridized carbons (Fsp3) is 0.625. The van der Waals surface area contributed by atoms with E-state index in [1.54, 1.807) is 5.56 Å². The topological polar surface area (TPSA) is 12.0 Å². The first-order valence-electron chi connectivity index (χ1n) is 7.19. The molecule has 0 aliphatic heterocycles. The van der Waals surface area contributed by atoms with Crippen molar-refractivity contribution in [2.24, 2.45) is 17.8 Å². The van der Waals surface area contributed by atoms with Gasteiger partial charge in [0.1, 0.15) is 0 Å². The highest BCUT2D eigenvalue weighted by atomic mass is 79.9. The first-order valence-corrected chi connectivity index (χ1v) is 7.99. The van der Waals surface area contributed by atoms with E-state index in [9.17, 15) is 0 Å². The van der Waals surface area contributed by atoms with Gasteiger partial charge in [0.25, 0.3) is 0 Å². The Kier molecular flexibility index (Phi) is 3.76. The zero-order valence-electron chi connectivity index (χ0n) is 11.0. The second kappa shape index (κ2) is 5.34. The molecule has 1 aromatic carbocycles. The van der Waals surface area contributed by atoms with E-state index in [-0.39, 0.29) is 0 Å². The molecular formula is C16H22BrN. The van der Waals surface area contributed by atoms with Crippen LogP contribution in [0, 0.1) is 17.8 Å². The molecule has 4 rings (SSSR count). The summed E-state index contributed by atoms with van der Waals surface area (Å²) in [5.41, 5.74) is 1.56. The summed E-state index contributed by atoms with van der Waals surface area (Å²) < 4.78 is 1.19. The number of fused-ring (bicyclic) bond motifs is 3. The summed E-state index contributed by atoms with van der Waals surface area (Å²) >= 11 is 3.54. The van der Waals surface area contributed by atoms with Gasteiger partial charge in [0.15, 0.2) is 0 Å². The van der Waals surface area contributed by atoms with E-state index in [4.69, 9.17) is 0 Å². The Morgan fingerprint density at radius 3 is 2.28 bits per heavy atom. The van der Waals surface area contributed by atoms with Crippen LogP contribution in [-0.2, 0) is 0 Å². The number of halogens is 1. The average molecular weight is 308 g/mol. The molecule has 2 unspecified atom stereocenters. The fourth-order valence-corrected chi connectivity index (χ4v) is 4.57. The van der Waals surface area contributed by atoms with Crippen molar-refractivity contribution in [1.29, 1.82) is 0 Å². The first kappa shape index (κ1) is 12.7. The lowest BCUT2D eigenvalue weighted by molar-refractivity contribution is 0.0687. The Bertz CT molecular complexity index is 392. The van der Waals surface area contributed by atoms with Gasteiger partial charge in [-0.1, -0.05) is 28.1 Å². The van der Waals surface area contributed by atoms with E-state index in [2.05, 4.69) is 52.6 Å². The van der Waals surface area contributed by atoms with Gasteiger partial charge in [-0.05, 0) is 80.6 Å². The van der Waals surface area contributed by atoms with E-state index < -0.39 is 0 Å². The maximum atomic E-state index is 3.54. The minimum Gasteiger partial charge on any atom is -0.319 e. The summed E-state index contributed by atoms with van der Waals surface area (Å²) in [6.45, 7) is 1.18. The van der Waals surface area contributed by atoms with Crippen molar-refractivity contribution in [3.63, 3.8) is 0 Å². The van der Waals surface area contributed by atoms with Crippen LogP contribution in [0.4, 0.5) is 0 Å². The summed E-state index contributed by atoms with van der Waals surface area (Å²) in [5, 5.41) is 3.42. The Morgan fingerprint density at radius 2 is 1.67 bits per heavy atom. The van der Waals surface area contributed by atoms with Crippen LogP contribution in [-0.4, -0.2) is 13.6 Å². The largest absolute Gasteiger partial charge is 0.319 e. The van der Waals surface area contributed by atoms with Crippen LogP contribution in [0.1, 0.15) is 37.2 Å². The third-order valence-corrected chi connectivity index (χ3v) is 5.61. The third kappa shape index (κ3) is 2.25. The maximum Gasteiger partial charge on any atom is 0.0175 e. The summed E-state index contributed by atoms with van der Waals surface area (Å²) in [4.78, 5) is 0. The highest BCUT2D eigenvalue weighted by Gasteiger charge is 2.43. The second-order valence-corrected chi connectivity index (χ2v) is 6.89. The Morgan fingerprint density at radius 1 is 1.06 bits per heavy atom. The van der Waals surface area contributed by atoms with Crippen molar-refractivity contribution in [1.82, 2.24) is 5.32 Å². The molecule has 0 aromatic heterocycles. The van der Waals surface area contributed by atoms with Crippen LogP contribution >= 0.6 is 15.9 Å². The van der Waals surface area contributed by atoms with Gasteiger partial charge in [-0.2, -0.15) is 0 Å². The van der Waals surface area contributed by atoms with Crippen LogP contribution in [0.25, 0.3) is 0 Å². The molecule has 2 heteroatoms. The number of hydrogen-bond acceptors (Lipinski definition) is 1. The molecule has 0 radical (unpaired) electrons. The number of rotatable bonds is 3. The lowest BCUT2D eigenvalue weighted by Crippen LogP contribution is -2.42. The van der Waals surface area contributed by atoms with Gasteiger partial charge in [-0.3, -0.25) is 0 Å². The molecular weight excluding hydrogens is 286 g/mol. The lowest BCUT2D eigenvalue weighted by atomic mass is 9.57. The summed E-state index contributed by atoms with van der Waals surface area (Å²) in [5.74, 6) is 3.52. The number of nitrogens with one attached hydrogen (secondary N) is 1. The maximum absolute atomic E-state index is 3.54. The summed E-state index contributed by atoms with van der Waals surface area (Å²) in [7, 11) is 2.10. The van der Waals surface area contributed by atoms with Crippen LogP contribution < -0.4 is 5.32 Å². The van der Waals surface area contributed by atoms with Gasteiger partial charge in [0, 0.05) is 4.47 Å². The lowest BCUT2D eigenvalue weighted by Gasteiger charge is -2.49. The summed E-state index contributed by atoms with van der Waals surface area (Å²) in [6, 6.07) is 9.07. The molecule has 98 valence electrons. The highest BCUT2D eigenvalue weighted by Crippen LogP contribution is 2.53. The van der Waals surface area contributed by atoms with E-state index in [1.165, 1.54) is 36.7 Å². The highest BCUT2D eigenvalue weighted by molar-refractivity contribution is 9.10. The molecule has 0 amide bonds. The van der Waals surface area contributed by atoms with Crippen LogP contribution in [0.2, 0.25) is 0 Å². The monoisotopic (exact) mass is 307 g/mol. The van der Waals surface area contributed by atoms with Crippen LogP contribution in [0.5, 0.6) is 0 Å². The van der Waals surface area contributed by atoms with Gasteiger partial charge < -0.3 is 5.32 Å². The number of hydrogen-bond donors (Lipinski definition) is 1. The molecule has 0 saturated heterocycles. The quantitative estimate of drug-likeness (QED) is 0.883. The molecule has 3 aliphatic carbocycles. The van der Waals surface area contributed by atoms with Gasteiger partial charge in [0.2, 0.25) is 0 Å². The molecule has 0 heterocycles. The zero-order valence-corrected chi connectivity index (χ0v) is 12.6.